The van der Waals surface area contributed by atoms with Crippen LogP contribution in [0.3, 0.4) is 0 Å². The lowest BCUT2D eigenvalue weighted by Crippen LogP contribution is -2.49. The summed E-state index contributed by atoms with van der Waals surface area (Å²) in [7, 11) is -3.39. The summed E-state index contributed by atoms with van der Waals surface area (Å²) in [5, 5.41) is -0.0948. The van der Waals surface area contributed by atoms with Gasteiger partial charge in [0.05, 0.1) is 24.6 Å². The highest BCUT2D eigenvalue weighted by molar-refractivity contribution is 7.90. The van der Waals surface area contributed by atoms with Crippen LogP contribution >= 0.6 is 0 Å². The van der Waals surface area contributed by atoms with Gasteiger partial charge in [0.15, 0.2) is 14.9 Å². The second kappa shape index (κ2) is 9.35. The number of likely N-dealkylation sites (tertiary alicyclic amines) is 1. The number of hydrogen-bond donors (Lipinski definition) is 0. The average Bonchev–Trinajstić information content (AvgIpc) is 2.68. The minimum absolute atomic E-state index is 0.00134. The zero-order valence-corrected chi connectivity index (χ0v) is 18.0. The molecule has 7 nitrogen and oxygen atoms in total. The van der Waals surface area contributed by atoms with E-state index in [-0.39, 0.29) is 29.2 Å². The van der Waals surface area contributed by atoms with E-state index in [9.17, 15) is 21.6 Å². The molecule has 0 spiro atoms. The molecule has 2 heterocycles. The zero-order valence-electron chi connectivity index (χ0n) is 17.1. The number of piperidine rings is 1. The molecule has 0 bridgehead atoms. The molecule has 2 aliphatic rings. The molecule has 1 aliphatic heterocycles. The smallest absolute Gasteiger partial charge is 0.403 e. The summed E-state index contributed by atoms with van der Waals surface area (Å²) in [5.74, 6) is 0.290. The van der Waals surface area contributed by atoms with Gasteiger partial charge in [0.25, 0.3) is 0 Å². The van der Waals surface area contributed by atoms with Crippen LogP contribution in [0.5, 0.6) is 5.88 Å². The van der Waals surface area contributed by atoms with E-state index in [1.165, 1.54) is 24.2 Å². The van der Waals surface area contributed by atoms with Crippen molar-refractivity contribution in [2.45, 2.75) is 81.0 Å². The number of hydrogen-bond acceptors (Lipinski definition) is 7. The van der Waals surface area contributed by atoms with Gasteiger partial charge in [-0.3, -0.25) is 4.90 Å². The third-order valence-corrected chi connectivity index (χ3v) is 6.75. The molecule has 1 saturated carbocycles. The summed E-state index contributed by atoms with van der Waals surface area (Å²) in [6.45, 7) is 2.00. The monoisotopic (exact) mass is 451 g/mol. The Morgan fingerprint density at radius 1 is 1.00 bits per heavy atom. The van der Waals surface area contributed by atoms with Gasteiger partial charge in [-0.1, -0.05) is 0 Å². The van der Waals surface area contributed by atoms with Crippen LogP contribution in [-0.4, -0.2) is 73.2 Å². The first-order chi connectivity index (χ1) is 14.0. The van der Waals surface area contributed by atoms with E-state index in [4.69, 9.17) is 9.47 Å². The van der Waals surface area contributed by atoms with Gasteiger partial charge in [0.2, 0.25) is 5.88 Å². The van der Waals surface area contributed by atoms with Crippen LogP contribution in [0.4, 0.5) is 13.2 Å². The lowest BCUT2D eigenvalue weighted by atomic mass is 9.94. The van der Waals surface area contributed by atoms with Crippen molar-refractivity contribution in [3.63, 3.8) is 0 Å². The Balaban J connectivity index is 1.39. The van der Waals surface area contributed by atoms with Crippen molar-refractivity contribution in [1.82, 2.24) is 14.9 Å². The number of ether oxygens (including phenoxy) is 2. The molecule has 1 atom stereocenters. The van der Waals surface area contributed by atoms with Crippen LogP contribution in [-0.2, 0) is 14.6 Å². The van der Waals surface area contributed by atoms with Gasteiger partial charge >= 0.3 is 6.18 Å². The number of halogens is 3. The van der Waals surface area contributed by atoms with Gasteiger partial charge in [0.1, 0.15) is 12.1 Å². The first kappa shape index (κ1) is 23.2. The van der Waals surface area contributed by atoms with Crippen LogP contribution in [0.2, 0.25) is 0 Å². The molecule has 3 rings (SSSR count). The summed E-state index contributed by atoms with van der Waals surface area (Å²) in [6, 6.07) is -1.42. The molecular weight excluding hydrogens is 423 g/mol. The van der Waals surface area contributed by atoms with Gasteiger partial charge in [-0.15, -0.1) is 0 Å². The Morgan fingerprint density at radius 3 is 2.07 bits per heavy atom. The molecule has 11 heteroatoms. The van der Waals surface area contributed by atoms with Crippen molar-refractivity contribution in [2.24, 2.45) is 0 Å². The molecule has 0 aromatic carbocycles. The van der Waals surface area contributed by atoms with E-state index in [1.807, 2.05) is 0 Å². The first-order valence-corrected chi connectivity index (χ1v) is 12.1. The lowest BCUT2D eigenvalue weighted by Gasteiger charge is -2.38. The maximum atomic E-state index is 12.8. The number of aromatic nitrogens is 2. The Bertz CT molecular complexity index is 788. The molecule has 0 amide bonds. The van der Waals surface area contributed by atoms with E-state index < -0.39 is 22.1 Å². The lowest BCUT2D eigenvalue weighted by molar-refractivity contribution is -0.185. The number of sulfone groups is 1. The van der Waals surface area contributed by atoms with Crippen LogP contribution in [0, 0.1) is 0 Å². The van der Waals surface area contributed by atoms with Gasteiger partial charge in [0, 0.05) is 19.3 Å². The predicted molar refractivity (Wildman–Crippen MR) is 103 cm³/mol. The molecule has 2 fully saturated rings. The van der Waals surface area contributed by atoms with Gasteiger partial charge in [-0.25, -0.2) is 18.4 Å². The maximum absolute atomic E-state index is 12.8. The van der Waals surface area contributed by atoms with Crippen LogP contribution in [0.15, 0.2) is 17.4 Å². The summed E-state index contributed by atoms with van der Waals surface area (Å²) in [6.07, 6.45) is 3.78. The SMILES string of the molecule is C[C@@H](N1CCC(OC2CCC(Oc3cnc(S(C)(=O)=O)cn3)CC2)CC1)C(F)(F)F. The Labute approximate surface area is 174 Å². The molecule has 170 valence electrons. The molecule has 1 aliphatic carbocycles. The van der Waals surface area contributed by atoms with Crippen LogP contribution in [0.25, 0.3) is 0 Å². The van der Waals surface area contributed by atoms with Crippen molar-refractivity contribution < 1.29 is 31.1 Å². The number of nitrogens with zero attached hydrogens (tertiary/aromatic N) is 3. The van der Waals surface area contributed by atoms with Gasteiger partial charge in [-0.05, 0) is 45.4 Å². The highest BCUT2D eigenvalue weighted by Crippen LogP contribution is 2.30. The van der Waals surface area contributed by atoms with Gasteiger partial charge < -0.3 is 9.47 Å². The van der Waals surface area contributed by atoms with Crippen molar-refractivity contribution in [1.29, 1.82) is 0 Å². The Morgan fingerprint density at radius 2 is 1.57 bits per heavy atom. The highest BCUT2D eigenvalue weighted by atomic mass is 32.2. The highest BCUT2D eigenvalue weighted by Gasteiger charge is 2.41. The van der Waals surface area contributed by atoms with E-state index in [1.54, 1.807) is 0 Å². The second-order valence-electron chi connectivity index (χ2n) is 8.07. The number of alkyl halides is 3. The van der Waals surface area contributed by atoms with Crippen LogP contribution < -0.4 is 4.74 Å². The molecule has 0 radical (unpaired) electrons. The maximum Gasteiger partial charge on any atom is 0.403 e. The Kier molecular flexibility index (Phi) is 7.24. The van der Waals surface area contributed by atoms with Crippen molar-refractivity contribution >= 4 is 9.84 Å². The van der Waals surface area contributed by atoms with E-state index >= 15 is 0 Å². The zero-order chi connectivity index (χ0) is 21.9. The van der Waals surface area contributed by atoms with Gasteiger partial charge in [-0.2, -0.15) is 13.2 Å². The molecule has 1 saturated heterocycles. The third-order valence-electron chi connectivity index (χ3n) is 5.78. The normalized spacial score (nSPS) is 25.8. The predicted octanol–water partition coefficient (Wildman–Crippen LogP) is 3.00. The Hall–Kier alpha value is -1.46. The topological polar surface area (TPSA) is 81.6 Å². The fraction of sp³-hybridized carbons (Fsp3) is 0.789. The van der Waals surface area contributed by atoms with E-state index in [0.717, 1.165) is 31.9 Å². The van der Waals surface area contributed by atoms with Crippen LogP contribution in [0.1, 0.15) is 45.4 Å². The molecule has 1 aromatic heterocycles. The summed E-state index contributed by atoms with van der Waals surface area (Å²) in [5.41, 5.74) is 0. The van der Waals surface area contributed by atoms with Crippen molar-refractivity contribution in [2.75, 3.05) is 19.3 Å². The third kappa shape index (κ3) is 6.27. The fourth-order valence-electron chi connectivity index (χ4n) is 3.89. The fourth-order valence-corrected chi connectivity index (χ4v) is 4.38. The van der Waals surface area contributed by atoms with Crippen molar-refractivity contribution in [3.05, 3.63) is 12.4 Å². The van der Waals surface area contributed by atoms with E-state index in [0.29, 0.717) is 25.9 Å². The summed E-state index contributed by atoms with van der Waals surface area (Å²) in [4.78, 5) is 9.35. The largest absolute Gasteiger partial charge is 0.473 e. The van der Waals surface area contributed by atoms with Crippen molar-refractivity contribution in [3.8, 4) is 5.88 Å². The molecule has 30 heavy (non-hydrogen) atoms. The molecule has 0 unspecified atom stereocenters. The number of rotatable bonds is 6. The first-order valence-electron chi connectivity index (χ1n) is 10.2. The summed E-state index contributed by atoms with van der Waals surface area (Å²) >= 11 is 0. The average molecular weight is 452 g/mol. The molecule has 1 aromatic rings. The second-order valence-corrected chi connectivity index (χ2v) is 10.0. The minimum atomic E-state index is -4.19. The molecule has 0 N–H and O–H groups in total. The quantitative estimate of drug-likeness (QED) is 0.658. The minimum Gasteiger partial charge on any atom is -0.473 e. The van der Waals surface area contributed by atoms with E-state index in [2.05, 4.69) is 9.97 Å². The standard InChI is InChI=1S/C19H28F3N3O4S/c1-13(19(20,21)22)25-9-7-16(8-10-25)28-14-3-5-15(6-4-14)29-17-11-24-18(12-23-17)30(2,26)27/h11-16H,3-10H2,1-2H3/t13-,14?,15?/m1/s1. The summed E-state index contributed by atoms with van der Waals surface area (Å²) < 4.78 is 73.3. The molecular formula is C19H28F3N3O4S.